The van der Waals surface area contributed by atoms with Gasteiger partial charge in [-0.05, 0) is 38.1 Å². The molecule has 20 heavy (non-hydrogen) atoms. The van der Waals surface area contributed by atoms with Crippen LogP contribution in [0.2, 0.25) is 0 Å². The van der Waals surface area contributed by atoms with Gasteiger partial charge in [0.2, 0.25) is 0 Å². The average molecular weight is 277 g/mol. The average Bonchev–Trinajstić information content (AvgIpc) is 2.87. The summed E-state index contributed by atoms with van der Waals surface area (Å²) in [5.74, 6) is 1.42. The van der Waals surface area contributed by atoms with Gasteiger partial charge in [-0.1, -0.05) is 19.1 Å². The van der Waals surface area contributed by atoms with Gasteiger partial charge < -0.3 is 14.5 Å². The van der Waals surface area contributed by atoms with Crippen molar-refractivity contribution in [2.75, 3.05) is 13.7 Å². The molecule has 0 aliphatic rings. The molecule has 0 saturated carbocycles. The van der Waals surface area contributed by atoms with Gasteiger partial charge in [0.15, 0.2) is 11.6 Å². The van der Waals surface area contributed by atoms with Crippen molar-refractivity contribution in [2.24, 2.45) is 0 Å². The molecule has 1 aromatic carbocycles. The van der Waals surface area contributed by atoms with E-state index in [0.29, 0.717) is 11.3 Å². The van der Waals surface area contributed by atoms with Crippen LogP contribution in [0.1, 0.15) is 36.5 Å². The highest BCUT2D eigenvalue weighted by Crippen LogP contribution is 2.30. The zero-order valence-electron chi connectivity index (χ0n) is 12.1. The number of nitrogens with one attached hydrogen (secondary N) is 1. The molecule has 0 aliphatic carbocycles. The van der Waals surface area contributed by atoms with Gasteiger partial charge in [-0.2, -0.15) is 0 Å². The minimum atomic E-state index is -0.349. The van der Waals surface area contributed by atoms with Crippen LogP contribution in [-0.2, 0) is 0 Å². The lowest BCUT2D eigenvalue weighted by molar-refractivity contribution is 0.375. The Morgan fingerprint density at radius 2 is 2.10 bits per heavy atom. The Labute approximate surface area is 118 Å². The van der Waals surface area contributed by atoms with Gasteiger partial charge in [0.25, 0.3) is 0 Å². The minimum Gasteiger partial charge on any atom is -0.494 e. The Balaban J connectivity index is 2.41. The maximum atomic E-state index is 14.4. The number of methoxy groups -OCH3 is 1. The van der Waals surface area contributed by atoms with Crippen molar-refractivity contribution in [1.82, 2.24) is 5.32 Å². The molecule has 2 aromatic rings. The smallest absolute Gasteiger partial charge is 0.170 e. The third-order valence-electron chi connectivity index (χ3n) is 3.17. The Morgan fingerprint density at radius 1 is 1.30 bits per heavy atom. The molecule has 4 heteroatoms. The zero-order valence-corrected chi connectivity index (χ0v) is 12.1. The van der Waals surface area contributed by atoms with E-state index in [-0.39, 0.29) is 17.6 Å². The molecule has 1 N–H and O–H groups in total. The fourth-order valence-electron chi connectivity index (χ4n) is 2.17. The lowest BCUT2D eigenvalue weighted by Crippen LogP contribution is -2.23. The summed E-state index contributed by atoms with van der Waals surface area (Å²) in [7, 11) is 1.47. The molecule has 0 spiro atoms. The molecule has 108 valence electrons. The number of furan rings is 1. The number of aryl methyl sites for hydroxylation is 1. The summed E-state index contributed by atoms with van der Waals surface area (Å²) in [5.41, 5.74) is 0.534. The third-order valence-corrected chi connectivity index (χ3v) is 3.17. The van der Waals surface area contributed by atoms with Crippen LogP contribution in [-0.4, -0.2) is 13.7 Å². The van der Waals surface area contributed by atoms with Crippen LogP contribution in [0.4, 0.5) is 4.39 Å². The zero-order chi connectivity index (χ0) is 14.5. The van der Waals surface area contributed by atoms with Crippen molar-refractivity contribution >= 4 is 0 Å². The summed E-state index contributed by atoms with van der Waals surface area (Å²) >= 11 is 0. The molecule has 0 amide bonds. The normalized spacial score (nSPS) is 12.4. The van der Waals surface area contributed by atoms with E-state index in [1.165, 1.54) is 7.11 Å². The summed E-state index contributed by atoms with van der Waals surface area (Å²) in [5, 5.41) is 3.32. The van der Waals surface area contributed by atoms with E-state index in [2.05, 4.69) is 12.2 Å². The van der Waals surface area contributed by atoms with Crippen LogP contribution in [0.15, 0.2) is 34.7 Å². The topological polar surface area (TPSA) is 34.4 Å². The Hall–Kier alpha value is -1.81. The standard InChI is InChI=1S/C16H20FNO2/c1-4-10-18-16(14-9-8-11(2)20-14)12-6-5-7-13(19-3)15(12)17/h5-9,16,18H,4,10H2,1-3H3. The molecule has 1 aromatic heterocycles. The third kappa shape index (κ3) is 3.02. The van der Waals surface area contributed by atoms with Gasteiger partial charge in [-0.25, -0.2) is 4.39 Å². The van der Waals surface area contributed by atoms with E-state index in [9.17, 15) is 4.39 Å². The van der Waals surface area contributed by atoms with Gasteiger partial charge in [0, 0.05) is 5.56 Å². The van der Waals surface area contributed by atoms with Crippen LogP contribution in [0.5, 0.6) is 5.75 Å². The molecule has 0 radical (unpaired) electrons. The highest BCUT2D eigenvalue weighted by atomic mass is 19.1. The SMILES string of the molecule is CCCNC(c1ccc(C)o1)c1cccc(OC)c1F. The number of benzene rings is 1. The first-order valence-electron chi connectivity index (χ1n) is 6.79. The van der Waals surface area contributed by atoms with E-state index in [1.54, 1.807) is 18.2 Å². The molecule has 1 heterocycles. The van der Waals surface area contributed by atoms with Crippen LogP contribution in [0.3, 0.4) is 0 Å². The van der Waals surface area contributed by atoms with E-state index >= 15 is 0 Å². The van der Waals surface area contributed by atoms with E-state index in [0.717, 1.165) is 18.7 Å². The number of halogens is 1. The number of hydrogen-bond donors (Lipinski definition) is 1. The first kappa shape index (κ1) is 14.6. The molecule has 1 atom stereocenters. The van der Waals surface area contributed by atoms with Crippen molar-refractivity contribution in [1.29, 1.82) is 0 Å². The first-order chi connectivity index (χ1) is 9.67. The van der Waals surface area contributed by atoms with E-state index in [1.807, 2.05) is 19.1 Å². The summed E-state index contributed by atoms with van der Waals surface area (Å²) in [6.07, 6.45) is 0.960. The highest BCUT2D eigenvalue weighted by Gasteiger charge is 2.22. The van der Waals surface area contributed by atoms with Crippen LogP contribution in [0.25, 0.3) is 0 Å². The summed E-state index contributed by atoms with van der Waals surface area (Å²) in [6.45, 7) is 4.72. The minimum absolute atomic E-state index is 0.245. The molecule has 2 rings (SSSR count). The number of rotatable bonds is 6. The Morgan fingerprint density at radius 3 is 2.70 bits per heavy atom. The van der Waals surface area contributed by atoms with Gasteiger partial charge in [0.1, 0.15) is 11.5 Å². The molecule has 0 bridgehead atoms. The summed E-state index contributed by atoms with van der Waals surface area (Å²) in [6, 6.07) is 8.61. The van der Waals surface area contributed by atoms with Crippen molar-refractivity contribution in [3.63, 3.8) is 0 Å². The van der Waals surface area contributed by atoms with Crippen molar-refractivity contribution in [3.05, 3.63) is 53.2 Å². The van der Waals surface area contributed by atoms with Crippen LogP contribution in [0, 0.1) is 12.7 Å². The van der Waals surface area contributed by atoms with Gasteiger partial charge >= 0.3 is 0 Å². The molecular weight excluding hydrogens is 257 g/mol. The van der Waals surface area contributed by atoms with E-state index < -0.39 is 0 Å². The molecule has 0 fully saturated rings. The monoisotopic (exact) mass is 277 g/mol. The molecule has 0 saturated heterocycles. The van der Waals surface area contributed by atoms with Gasteiger partial charge in [0.05, 0.1) is 13.2 Å². The van der Waals surface area contributed by atoms with Crippen LogP contribution >= 0.6 is 0 Å². The lowest BCUT2D eigenvalue weighted by atomic mass is 10.0. The predicted octanol–water partition coefficient (Wildman–Crippen LogP) is 3.82. The largest absolute Gasteiger partial charge is 0.494 e. The lowest BCUT2D eigenvalue weighted by Gasteiger charge is -2.18. The molecule has 1 unspecified atom stereocenters. The van der Waals surface area contributed by atoms with Crippen molar-refractivity contribution < 1.29 is 13.5 Å². The second-order valence-corrected chi connectivity index (χ2v) is 4.70. The fourth-order valence-corrected chi connectivity index (χ4v) is 2.17. The fraction of sp³-hybridized carbons (Fsp3) is 0.375. The van der Waals surface area contributed by atoms with Gasteiger partial charge in [-0.15, -0.1) is 0 Å². The number of ether oxygens (including phenoxy) is 1. The Kier molecular flexibility index (Phi) is 4.79. The number of hydrogen-bond acceptors (Lipinski definition) is 3. The predicted molar refractivity (Wildman–Crippen MR) is 76.5 cm³/mol. The second kappa shape index (κ2) is 6.57. The van der Waals surface area contributed by atoms with Gasteiger partial charge in [-0.3, -0.25) is 0 Å². The second-order valence-electron chi connectivity index (χ2n) is 4.70. The van der Waals surface area contributed by atoms with E-state index in [4.69, 9.17) is 9.15 Å². The molecular formula is C16H20FNO2. The Bertz CT molecular complexity index is 565. The van der Waals surface area contributed by atoms with Crippen molar-refractivity contribution in [2.45, 2.75) is 26.3 Å². The summed E-state index contributed by atoms with van der Waals surface area (Å²) < 4.78 is 25.1. The van der Waals surface area contributed by atoms with Crippen molar-refractivity contribution in [3.8, 4) is 5.75 Å². The van der Waals surface area contributed by atoms with Crippen LogP contribution < -0.4 is 10.1 Å². The summed E-state index contributed by atoms with van der Waals surface area (Å²) in [4.78, 5) is 0. The highest BCUT2D eigenvalue weighted by molar-refractivity contribution is 5.36. The maximum absolute atomic E-state index is 14.4. The maximum Gasteiger partial charge on any atom is 0.170 e. The molecule has 3 nitrogen and oxygen atoms in total. The molecule has 0 aliphatic heterocycles. The quantitative estimate of drug-likeness (QED) is 0.871. The first-order valence-corrected chi connectivity index (χ1v) is 6.79.